The fraction of sp³-hybridized carbons (Fsp3) is 0.207. The average Bonchev–Trinajstić information content (AvgIpc) is 3.81. The summed E-state index contributed by atoms with van der Waals surface area (Å²) in [6.45, 7) is 0.580. The average molecular weight is 637 g/mol. The van der Waals surface area contributed by atoms with Gasteiger partial charge < -0.3 is 42.0 Å². The molecule has 15 heteroatoms. The Bertz CT molecular complexity index is 1790. The van der Waals surface area contributed by atoms with Crippen molar-refractivity contribution in [2.75, 3.05) is 33.7 Å². The molecule has 44 heavy (non-hydrogen) atoms. The first-order valence-corrected chi connectivity index (χ1v) is 15.9. The maximum Gasteiger partial charge on any atom is 0.456 e. The van der Waals surface area contributed by atoms with Gasteiger partial charge in [0.15, 0.2) is 35.0 Å². The number of fused-ring (bicyclic) bond motifs is 3. The Labute approximate surface area is 255 Å². The minimum Gasteiger partial charge on any atom is -0.497 e. The van der Waals surface area contributed by atoms with E-state index in [1.165, 1.54) is 18.1 Å². The first kappa shape index (κ1) is 28.1. The van der Waals surface area contributed by atoms with Crippen molar-refractivity contribution in [1.29, 1.82) is 0 Å². The van der Waals surface area contributed by atoms with Gasteiger partial charge in [0.05, 0.1) is 20.0 Å². The van der Waals surface area contributed by atoms with Crippen molar-refractivity contribution in [2.24, 2.45) is 0 Å². The highest BCUT2D eigenvalue weighted by Gasteiger charge is 2.34. The monoisotopic (exact) mass is 636 g/mol. The summed E-state index contributed by atoms with van der Waals surface area (Å²) in [5.41, 5.74) is 1.30. The molecule has 13 nitrogen and oxygen atoms in total. The molecule has 3 aromatic carbocycles. The van der Waals surface area contributed by atoms with E-state index in [1.807, 2.05) is 28.8 Å². The number of hydrogen-bond acceptors (Lipinski definition) is 13. The highest BCUT2D eigenvalue weighted by Crippen LogP contribution is 2.55. The van der Waals surface area contributed by atoms with E-state index in [0.717, 1.165) is 10.6 Å². The zero-order chi connectivity index (χ0) is 29.9. The Morgan fingerprint density at radius 1 is 0.864 bits per heavy atom. The van der Waals surface area contributed by atoms with Gasteiger partial charge >= 0.3 is 7.60 Å². The number of para-hydroxylation sites is 2. The fourth-order valence-corrected chi connectivity index (χ4v) is 6.73. The Hall–Kier alpha value is -4.65. The van der Waals surface area contributed by atoms with Gasteiger partial charge in [0.2, 0.25) is 25.1 Å². The number of ether oxygens (including phenoxy) is 6. The van der Waals surface area contributed by atoms with Gasteiger partial charge in [-0.15, -0.1) is 0 Å². The Morgan fingerprint density at radius 3 is 2.20 bits per heavy atom. The van der Waals surface area contributed by atoms with Crippen LogP contribution in [0, 0.1) is 0 Å². The number of nitrogens with zero attached hydrogens (tertiary/aromatic N) is 4. The molecular weight excluding hydrogens is 611 g/mol. The van der Waals surface area contributed by atoms with E-state index in [0.29, 0.717) is 45.7 Å². The molecule has 0 amide bonds. The summed E-state index contributed by atoms with van der Waals surface area (Å²) in [6, 6.07) is 17.8. The molecule has 0 bridgehead atoms. The van der Waals surface area contributed by atoms with Gasteiger partial charge in [-0.3, -0.25) is 0 Å². The van der Waals surface area contributed by atoms with Crippen molar-refractivity contribution in [1.82, 2.24) is 19.5 Å². The maximum absolute atomic E-state index is 14.2. The lowest BCUT2D eigenvalue weighted by molar-refractivity contribution is 0.150. The summed E-state index contributed by atoms with van der Waals surface area (Å²) in [6.07, 6.45) is 2.79. The van der Waals surface area contributed by atoms with Crippen LogP contribution in [0.1, 0.15) is 0 Å². The molecule has 0 radical (unpaired) electrons. The van der Waals surface area contributed by atoms with Crippen molar-refractivity contribution in [3.05, 3.63) is 73.3 Å². The SMILES string of the molecule is COc1ccc(Sc2ncnc3c2ncn3CCOCP(=O)(Oc2cccc3c2OCO3)Oc2cccc3c2OCO3)cc1. The summed E-state index contributed by atoms with van der Waals surface area (Å²) in [5.74, 6) is 2.81. The smallest absolute Gasteiger partial charge is 0.456 e. The quantitative estimate of drug-likeness (QED) is 0.0933. The second-order valence-electron chi connectivity index (χ2n) is 9.38. The van der Waals surface area contributed by atoms with Crippen LogP contribution in [0.4, 0.5) is 0 Å². The third kappa shape index (κ3) is 5.79. The van der Waals surface area contributed by atoms with E-state index in [4.69, 9.17) is 37.5 Å². The Balaban J connectivity index is 1.06. The fourth-order valence-electron chi connectivity index (χ4n) is 4.51. The molecule has 0 saturated heterocycles. The third-order valence-electron chi connectivity index (χ3n) is 6.56. The normalized spacial score (nSPS) is 13.3. The van der Waals surface area contributed by atoms with Gasteiger partial charge in [-0.05, 0) is 48.5 Å². The minimum atomic E-state index is -3.99. The lowest BCUT2D eigenvalue weighted by Crippen LogP contribution is -2.12. The van der Waals surface area contributed by atoms with Gasteiger partial charge in [-0.25, -0.2) is 19.5 Å². The molecule has 0 aliphatic carbocycles. The molecule has 4 heterocycles. The van der Waals surface area contributed by atoms with E-state index in [-0.39, 0.29) is 38.0 Å². The molecule has 0 atom stereocenters. The Kier molecular flexibility index (Phi) is 7.77. The van der Waals surface area contributed by atoms with Gasteiger partial charge in [-0.2, -0.15) is 0 Å². The summed E-state index contributed by atoms with van der Waals surface area (Å²) in [5, 5.41) is 0.717. The van der Waals surface area contributed by atoms with Crippen LogP contribution in [0.5, 0.6) is 40.2 Å². The van der Waals surface area contributed by atoms with Crippen molar-refractivity contribution < 1.29 is 42.0 Å². The predicted octanol–water partition coefficient (Wildman–Crippen LogP) is 5.77. The van der Waals surface area contributed by atoms with Gasteiger partial charge in [-0.1, -0.05) is 23.9 Å². The minimum absolute atomic E-state index is 0.0253. The van der Waals surface area contributed by atoms with Crippen molar-refractivity contribution in [2.45, 2.75) is 16.5 Å². The summed E-state index contributed by atoms with van der Waals surface area (Å²) in [4.78, 5) is 14.4. The number of aromatic nitrogens is 4. The van der Waals surface area contributed by atoms with Crippen molar-refractivity contribution >= 4 is 30.5 Å². The molecule has 0 spiro atoms. The van der Waals surface area contributed by atoms with E-state index in [1.54, 1.807) is 49.8 Å². The van der Waals surface area contributed by atoms with Crippen molar-refractivity contribution in [3.8, 4) is 40.2 Å². The van der Waals surface area contributed by atoms with E-state index < -0.39 is 7.60 Å². The van der Waals surface area contributed by atoms with Gasteiger partial charge in [0, 0.05) is 11.4 Å². The summed E-state index contributed by atoms with van der Waals surface area (Å²) in [7, 11) is -2.36. The molecule has 0 fully saturated rings. The topological polar surface area (TPSA) is 135 Å². The van der Waals surface area contributed by atoms with Crippen molar-refractivity contribution in [3.63, 3.8) is 0 Å². The highest BCUT2D eigenvalue weighted by atomic mass is 32.2. The maximum atomic E-state index is 14.2. The lowest BCUT2D eigenvalue weighted by Gasteiger charge is -2.21. The zero-order valence-electron chi connectivity index (χ0n) is 23.3. The van der Waals surface area contributed by atoms with Crippen LogP contribution in [-0.4, -0.2) is 53.2 Å². The van der Waals surface area contributed by atoms with Gasteiger partial charge in [0.1, 0.15) is 22.6 Å². The molecule has 0 saturated carbocycles. The van der Waals surface area contributed by atoms with Crippen LogP contribution in [0.25, 0.3) is 11.2 Å². The number of benzene rings is 3. The van der Waals surface area contributed by atoms with Crippen LogP contribution in [0.3, 0.4) is 0 Å². The molecule has 7 rings (SSSR count). The van der Waals surface area contributed by atoms with E-state index >= 15 is 0 Å². The van der Waals surface area contributed by atoms with Crippen LogP contribution >= 0.6 is 19.4 Å². The lowest BCUT2D eigenvalue weighted by atomic mass is 10.3. The first-order chi connectivity index (χ1) is 21.6. The first-order valence-electron chi connectivity index (χ1n) is 13.4. The number of methoxy groups -OCH3 is 1. The second-order valence-corrected chi connectivity index (χ2v) is 12.3. The molecule has 2 aliphatic rings. The molecular formula is C29H25N4O9PS. The number of rotatable bonds is 12. The van der Waals surface area contributed by atoms with E-state index in [9.17, 15) is 4.57 Å². The molecule has 5 aromatic rings. The molecule has 2 aromatic heterocycles. The molecule has 226 valence electrons. The summed E-state index contributed by atoms with van der Waals surface area (Å²) >= 11 is 1.48. The molecule has 0 N–H and O–H groups in total. The summed E-state index contributed by atoms with van der Waals surface area (Å²) < 4.78 is 61.0. The van der Waals surface area contributed by atoms with Crippen LogP contribution in [-0.2, 0) is 15.8 Å². The highest BCUT2D eigenvalue weighted by molar-refractivity contribution is 7.99. The van der Waals surface area contributed by atoms with Crippen LogP contribution in [0.15, 0.2) is 83.2 Å². The number of hydrogen-bond donors (Lipinski definition) is 0. The van der Waals surface area contributed by atoms with E-state index in [2.05, 4.69) is 15.0 Å². The predicted molar refractivity (Wildman–Crippen MR) is 157 cm³/mol. The molecule has 0 unspecified atom stereocenters. The third-order valence-corrected chi connectivity index (χ3v) is 9.01. The van der Waals surface area contributed by atoms with Crippen LogP contribution < -0.4 is 32.7 Å². The number of imidazole rings is 1. The van der Waals surface area contributed by atoms with Crippen LogP contribution in [0.2, 0.25) is 0 Å². The zero-order valence-corrected chi connectivity index (χ0v) is 25.0. The standard InChI is InChI=1S/C29H25N4O9PS/c1-35-19-8-10-20(11-9-19)44-29-25-28(30-14-31-29)33(15-32-25)12-13-36-18-43(34,41-23-6-2-4-21-26(23)39-16-37-21)42-24-7-3-5-22-27(24)40-17-38-22/h2-11,14-15H,12-13,16-18H2,1H3. The van der Waals surface area contributed by atoms with Gasteiger partial charge in [0.25, 0.3) is 0 Å². The second kappa shape index (κ2) is 12.2. The molecule has 2 aliphatic heterocycles. The largest absolute Gasteiger partial charge is 0.497 e. The Morgan fingerprint density at radius 2 is 1.55 bits per heavy atom.